The number of aromatic nitrogens is 2. The second-order valence-corrected chi connectivity index (χ2v) is 5.80. The molecule has 2 unspecified atom stereocenters. The average Bonchev–Trinajstić information content (AvgIpc) is 2.86. The molecule has 0 radical (unpaired) electrons. The molecule has 2 atom stereocenters. The van der Waals surface area contributed by atoms with Gasteiger partial charge in [0, 0.05) is 25.3 Å². The topological polar surface area (TPSA) is 95.7 Å². The summed E-state index contributed by atoms with van der Waals surface area (Å²) in [5, 5.41) is 18.4. The van der Waals surface area contributed by atoms with Gasteiger partial charge < -0.3 is 14.8 Å². The Labute approximate surface area is 123 Å². The van der Waals surface area contributed by atoms with Gasteiger partial charge in [-0.1, -0.05) is 0 Å². The first-order valence-electron chi connectivity index (χ1n) is 7.08. The van der Waals surface area contributed by atoms with Crippen LogP contribution in [0.5, 0.6) is 0 Å². The molecule has 7 heteroatoms. The van der Waals surface area contributed by atoms with Gasteiger partial charge in [-0.25, -0.2) is 4.98 Å². The predicted octanol–water partition coefficient (Wildman–Crippen LogP) is 1.07. The van der Waals surface area contributed by atoms with E-state index in [1.807, 2.05) is 9.47 Å². The minimum Gasteiger partial charge on any atom is -0.481 e. The van der Waals surface area contributed by atoms with Crippen molar-refractivity contribution in [2.75, 3.05) is 13.1 Å². The summed E-state index contributed by atoms with van der Waals surface area (Å²) in [6.07, 6.45) is 3.90. The highest BCUT2D eigenvalue weighted by Crippen LogP contribution is 2.25. The van der Waals surface area contributed by atoms with Gasteiger partial charge in [-0.15, -0.1) is 0 Å². The van der Waals surface area contributed by atoms with Gasteiger partial charge >= 0.3 is 11.9 Å². The maximum Gasteiger partial charge on any atom is 0.308 e. The molecule has 1 aliphatic rings. The summed E-state index contributed by atoms with van der Waals surface area (Å²) >= 11 is 0. The predicted molar refractivity (Wildman–Crippen MR) is 74.8 cm³/mol. The van der Waals surface area contributed by atoms with E-state index in [9.17, 15) is 14.7 Å². The Morgan fingerprint density at radius 2 is 2.00 bits per heavy atom. The highest BCUT2D eigenvalue weighted by Gasteiger charge is 2.38. The van der Waals surface area contributed by atoms with Gasteiger partial charge in [-0.05, 0) is 26.8 Å². The van der Waals surface area contributed by atoms with Gasteiger partial charge in [0.2, 0.25) is 0 Å². The van der Waals surface area contributed by atoms with Crippen LogP contribution in [-0.4, -0.2) is 49.7 Å². The summed E-state index contributed by atoms with van der Waals surface area (Å²) in [5.74, 6) is -3.71. The molecule has 1 saturated heterocycles. The second kappa shape index (κ2) is 6.26. The number of carboxylic acid groups (broad SMARTS) is 2. The monoisotopic (exact) mass is 295 g/mol. The number of hydrogen-bond acceptors (Lipinski definition) is 4. The summed E-state index contributed by atoms with van der Waals surface area (Å²) in [6.45, 7) is 5.55. The van der Waals surface area contributed by atoms with E-state index in [4.69, 9.17) is 5.11 Å². The lowest BCUT2D eigenvalue weighted by Gasteiger charge is -2.34. The van der Waals surface area contributed by atoms with E-state index in [-0.39, 0.29) is 12.6 Å². The summed E-state index contributed by atoms with van der Waals surface area (Å²) in [5.41, 5.74) is 1.02. The van der Waals surface area contributed by atoms with Crippen molar-refractivity contribution >= 4 is 11.9 Å². The van der Waals surface area contributed by atoms with Crippen molar-refractivity contribution in [3.63, 3.8) is 0 Å². The SMILES string of the molecule is CC(C)n1cncc1CN1CCC(C(=O)O)C(C(=O)O)C1. The third kappa shape index (κ3) is 3.41. The summed E-state index contributed by atoms with van der Waals surface area (Å²) in [6, 6.07) is 0.286. The fraction of sp³-hybridized carbons (Fsp3) is 0.643. The van der Waals surface area contributed by atoms with E-state index in [0.717, 1.165) is 5.69 Å². The Balaban J connectivity index is 2.07. The average molecular weight is 295 g/mol. The molecule has 1 aromatic rings. The zero-order valence-corrected chi connectivity index (χ0v) is 12.3. The molecule has 0 saturated carbocycles. The molecule has 1 fully saturated rings. The number of hydrogen-bond donors (Lipinski definition) is 2. The zero-order valence-electron chi connectivity index (χ0n) is 12.3. The van der Waals surface area contributed by atoms with E-state index in [2.05, 4.69) is 18.8 Å². The lowest BCUT2D eigenvalue weighted by molar-refractivity contribution is -0.157. The van der Waals surface area contributed by atoms with Crippen LogP contribution < -0.4 is 0 Å². The van der Waals surface area contributed by atoms with Crippen LogP contribution in [0.1, 0.15) is 32.0 Å². The van der Waals surface area contributed by atoms with Gasteiger partial charge in [0.05, 0.1) is 23.9 Å². The van der Waals surface area contributed by atoms with Crippen molar-refractivity contribution < 1.29 is 19.8 Å². The number of nitrogens with zero attached hydrogens (tertiary/aromatic N) is 3. The van der Waals surface area contributed by atoms with Crippen LogP contribution in [-0.2, 0) is 16.1 Å². The van der Waals surface area contributed by atoms with Crippen LogP contribution in [0.2, 0.25) is 0 Å². The third-order valence-corrected chi connectivity index (χ3v) is 4.02. The quantitative estimate of drug-likeness (QED) is 0.843. The highest BCUT2D eigenvalue weighted by molar-refractivity contribution is 5.80. The molecule has 0 aliphatic carbocycles. The molecule has 0 spiro atoms. The van der Waals surface area contributed by atoms with E-state index in [1.54, 1.807) is 12.5 Å². The molecular weight excluding hydrogens is 274 g/mol. The first kappa shape index (κ1) is 15.5. The largest absolute Gasteiger partial charge is 0.481 e. The molecule has 7 nitrogen and oxygen atoms in total. The van der Waals surface area contributed by atoms with Gasteiger partial charge in [0.25, 0.3) is 0 Å². The minimum absolute atomic E-state index is 0.259. The van der Waals surface area contributed by atoms with Crippen molar-refractivity contribution in [2.45, 2.75) is 32.9 Å². The Morgan fingerprint density at radius 3 is 2.57 bits per heavy atom. The third-order valence-electron chi connectivity index (χ3n) is 4.02. The molecule has 0 aromatic carbocycles. The standard InChI is InChI=1S/C14H21N3O4/c1-9(2)17-8-15-5-10(17)6-16-4-3-11(13(18)19)12(7-16)14(20)21/h5,8-9,11-12H,3-4,6-7H2,1-2H3,(H,18,19)(H,20,21). The van der Waals surface area contributed by atoms with Crippen molar-refractivity contribution in [1.82, 2.24) is 14.5 Å². The maximum absolute atomic E-state index is 11.3. The van der Waals surface area contributed by atoms with Crippen molar-refractivity contribution in [3.8, 4) is 0 Å². The fourth-order valence-electron chi connectivity index (χ4n) is 2.86. The lowest BCUT2D eigenvalue weighted by Crippen LogP contribution is -2.46. The summed E-state index contributed by atoms with van der Waals surface area (Å²) in [7, 11) is 0. The van der Waals surface area contributed by atoms with Gasteiger partial charge in [-0.3, -0.25) is 14.5 Å². The first-order chi connectivity index (χ1) is 9.90. The van der Waals surface area contributed by atoms with E-state index >= 15 is 0 Å². The Bertz CT molecular complexity index is 526. The molecule has 0 amide bonds. The Hall–Kier alpha value is -1.89. The van der Waals surface area contributed by atoms with Crippen molar-refractivity contribution in [3.05, 3.63) is 18.2 Å². The molecule has 116 valence electrons. The normalized spacial score (nSPS) is 23.4. The number of likely N-dealkylation sites (tertiary alicyclic amines) is 1. The van der Waals surface area contributed by atoms with Gasteiger partial charge in [-0.2, -0.15) is 0 Å². The number of piperidine rings is 1. The number of carbonyl (C=O) groups is 2. The molecule has 1 aromatic heterocycles. The molecule has 2 rings (SSSR count). The van der Waals surface area contributed by atoms with Crippen LogP contribution in [0.3, 0.4) is 0 Å². The molecule has 2 N–H and O–H groups in total. The van der Waals surface area contributed by atoms with E-state index in [0.29, 0.717) is 19.5 Å². The van der Waals surface area contributed by atoms with Crippen LogP contribution in [0, 0.1) is 11.8 Å². The number of rotatable bonds is 5. The van der Waals surface area contributed by atoms with E-state index in [1.165, 1.54) is 0 Å². The lowest BCUT2D eigenvalue weighted by atomic mass is 9.85. The smallest absolute Gasteiger partial charge is 0.308 e. The Morgan fingerprint density at radius 1 is 1.33 bits per heavy atom. The van der Waals surface area contributed by atoms with Crippen molar-refractivity contribution in [1.29, 1.82) is 0 Å². The Kier molecular flexibility index (Phi) is 4.62. The summed E-state index contributed by atoms with van der Waals surface area (Å²) in [4.78, 5) is 28.6. The minimum atomic E-state index is -1.04. The van der Waals surface area contributed by atoms with Crippen LogP contribution in [0.25, 0.3) is 0 Å². The molecule has 1 aliphatic heterocycles. The van der Waals surface area contributed by atoms with E-state index < -0.39 is 23.8 Å². The first-order valence-corrected chi connectivity index (χ1v) is 7.08. The molecule has 0 bridgehead atoms. The van der Waals surface area contributed by atoms with Gasteiger partial charge in [0.15, 0.2) is 0 Å². The van der Waals surface area contributed by atoms with Crippen LogP contribution >= 0.6 is 0 Å². The highest BCUT2D eigenvalue weighted by atomic mass is 16.4. The molecule has 21 heavy (non-hydrogen) atoms. The molecular formula is C14H21N3O4. The fourth-order valence-corrected chi connectivity index (χ4v) is 2.86. The maximum atomic E-state index is 11.3. The number of imidazole rings is 1. The molecule has 2 heterocycles. The zero-order chi connectivity index (χ0) is 15.6. The second-order valence-electron chi connectivity index (χ2n) is 5.80. The number of aliphatic carboxylic acids is 2. The van der Waals surface area contributed by atoms with Crippen LogP contribution in [0.15, 0.2) is 12.5 Å². The number of carboxylic acids is 2. The van der Waals surface area contributed by atoms with Gasteiger partial charge in [0.1, 0.15) is 0 Å². The summed E-state index contributed by atoms with van der Waals surface area (Å²) < 4.78 is 2.04. The van der Waals surface area contributed by atoms with Crippen molar-refractivity contribution in [2.24, 2.45) is 11.8 Å². The van der Waals surface area contributed by atoms with Crippen LogP contribution in [0.4, 0.5) is 0 Å².